The molecule has 24 heavy (non-hydrogen) atoms. The van der Waals surface area contributed by atoms with Crippen molar-refractivity contribution in [1.29, 1.82) is 0 Å². The number of hydrogen-bond acceptors (Lipinski definition) is 4. The molecule has 0 radical (unpaired) electrons. The highest BCUT2D eigenvalue weighted by Gasteiger charge is 2.21. The Morgan fingerprint density at radius 1 is 1.25 bits per heavy atom. The Hall–Kier alpha value is -2.89. The molecule has 124 valence electrons. The van der Waals surface area contributed by atoms with Gasteiger partial charge in [0.1, 0.15) is 12.3 Å². The number of aryl methyl sites for hydroxylation is 1. The molecule has 0 spiro atoms. The number of likely N-dealkylation sites (N-methyl/N-ethyl adjacent to an activating group) is 1. The predicted molar refractivity (Wildman–Crippen MR) is 90.6 cm³/mol. The Morgan fingerprint density at radius 2 is 1.96 bits per heavy atom. The van der Waals surface area contributed by atoms with Crippen LogP contribution in [0.3, 0.4) is 0 Å². The molecular formula is C18H19N3O3. The summed E-state index contributed by atoms with van der Waals surface area (Å²) >= 11 is 0. The second-order valence-corrected chi connectivity index (χ2v) is 5.79. The number of nitrogens with zero attached hydrogens (tertiary/aromatic N) is 3. The Kier molecular flexibility index (Phi) is 4.20. The maximum atomic E-state index is 12.5. The third-order valence-electron chi connectivity index (χ3n) is 4.27. The number of carbonyl (C=O) groups is 1. The molecule has 0 bridgehead atoms. The predicted octanol–water partition coefficient (Wildman–Crippen LogP) is 2.52. The smallest absolute Gasteiger partial charge is 0.275 e. The van der Waals surface area contributed by atoms with Crippen molar-refractivity contribution in [2.24, 2.45) is 0 Å². The molecule has 1 atom stereocenters. The number of amides is 1. The number of aromatic nitrogens is 2. The summed E-state index contributed by atoms with van der Waals surface area (Å²) in [5.41, 5.74) is 0.461. The van der Waals surface area contributed by atoms with Crippen molar-refractivity contribution in [1.82, 2.24) is 14.7 Å². The van der Waals surface area contributed by atoms with E-state index >= 15 is 0 Å². The van der Waals surface area contributed by atoms with Crippen molar-refractivity contribution >= 4 is 16.7 Å². The van der Waals surface area contributed by atoms with Crippen LogP contribution in [0.15, 0.2) is 51.9 Å². The number of hydrogen-bond donors (Lipinski definition) is 0. The molecule has 0 aliphatic heterocycles. The zero-order valence-electron chi connectivity index (χ0n) is 13.9. The second kappa shape index (κ2) is 6.31. The molecule has 2 aromatic heterocycles. The highest BCUT2D eigenvalue weighted by atomic mass is 16.3. The van der Waals surface area contributed by atoms with Crippen LogP contribution in [0.2, 0.25) is 0 Å². The zero-order valence-corrected chi connectivity index (χ0v) is 13.9. The average Bonchev–Trinajstić information content (AvgIpc) is 3.12. The lowest BCUT2D eigenvalue weighted by atomic mass is 10.1. The molecule has 3 rings (SSSR count). The van der Waals surface area contributed by atoms with E-state index in [4.69, 9.17) is 4.42 Å². The normalized spacial score (nSPS) is 12.3. The van der Waals surface area contributed by atoms with Crippen molar-refractivity contribution in [3.05, 3.63) is 64.5 Å². The average molecular weight is 325 g/mol. The fourth-order valence-corrected chi connectivity index (χ4v) is 2.69. The molecule has 0 fully saturated rings. The maximum Gasteiger partial charge on any atom is 0.275 e. The van der Waals surface area contributed by atoms with Gasteiger partial charge in [-0.1, -0.05) is 18.2 Å². The minimum atomic E-state index is -0.261. The van der Waals surface area contributed by atoms with Crippen LogP contribution in [-0.2, 0) is 11.3 Å². The van der Waals surface area contributed by atoms with Gasteiger partial charge in [0.15, 0.2) is 0 Å². The lowest BCUT2D eigenvalue weighted by Crippen LogP contribution is -2.36. The quantitative estimate of drug-likeness (QED) is 0.739. The van der Waals surface area contributed by atoms with Crippen molar-refractivity contribution < 1.29 is 9.21 Å². The second-order valence-electron chi connectivity index (χ2n) is 5.79. The van der Waals surface area contributed by atoms with Gasteiger partial charge in [0.25, 0.3) is 5.56 Å². The fraction of sp³-hybridized carbons (Fsp3) is 0.278. The third-order valence-corrected chi connectivity index (χ3v) is 4.27. The van der Waals surface area contributed by atoms with Gasteiger partial charge in [-0.3, -0.25) is 9.59 Å². The van der Waals surface area contributed by atoms with Gasteiger partial charge in [-0.15, -0.1) is 0 Å². The first-order valence-electron chi connectivity index (χ1n) is 7.74. The topological polar surface area (TPSA) is 68.3 Å². The monoisotopic (exact) mass is 325 g/mol. The van der Waals surface area contributed by atoms with Gasteiger partial charge in [0.2, 0.25) is 5.91 Å². The van der Waals surface area contributed by atoms with E-state index in [9.17, 15) is 9.59 Å². The van der Waals surface area contributed by atoms with Crippen LogP contribution < -0.4 is 5.56 Å². The Labute approximate surface area is 139 Å². The first-order chi connectivity index (χ1) is 11.5. The zero-order chi connectivity index (χ0) is 17.3. The lowest BCUT2D eigenvalue weighted by Gasteiger charge is -2.23. The van der Waals surface area contributed by atoms with Crippen LogP contribution in [0, 0.1) is 6.92 Å². The highest BCUT2D eigenvalue weighted by Crippen LogP contribution is 2.19. The standard InChI is InChI=1S/C18H19N3O3/c1-12-14-7-4-5-8-15(14)18(23)21(19-12)11-17(22)20(3)13(2)16-9-6-10-24-16/h4-10,13H,11H2,1-3H3. The van der Waals surface area contributed by atoms with Crippen LogP contribution in [0.5, 0.6) is 0 Å². The third kappa shape index (κ3) is 2.82. The maximum absolute atomic E-state index is 12.5. The van der Waals surface area contributed by atoms with Crippen LogP contribution in [-0.4, -0.2) is 27.6 Å². The molecule has 0 saturated heterocycles. The molecule has 1 unspecified atom stereocenters. The van der Waals surface area contributed by atoms with E-state index in [0.717, 1.165) is 11.1 Å². The molecule has 2 heterocycles. The molecule has 1 aromatic carbocycles. The first kappa shape index (κ1) is 16.0. The van der Waals surface area contributed by atoms with Crippen molar-refractivity contribution in [3.8, 4) is 0 Å². The van der Waals surface area contributed by atoms with Crippen LogP contribution in [0.1, 0.15) is 24.4 Å². The molecule has 6 nitrogen and oxygen atoms in total. The number of fused-ring (bicyclic) bond motifs is 1. The minimum absolute atomic E-state index is 0.105. The number of rotatable bonds is 4. The minimum Gasteiger partial charge on any atom is -0.467 e. The number of furan rings is 1. The van der Waals surface area contributed by atoms with Gasteiger partial charge in [0, 0.05) is 12.4 Å². The van der Waals surface area contributed by atoms with E-state index in [-0.39, 0.29) is 24.1 Å². The van der Waals surface area contributed by atoms with Gasteiger partial charge in [-0.05, 0) is 32.0 Å². The lowest BCUT2D eigenvalue weighted by molar-refractivity contribution is -0.133. The van der Waals surface area contributed by atoms with E-state index in [0.29, 0.717) is 11.1 Å². The van der Waals surface area contributed by atoms with Crippen molar-refractivity contribution in [3.63, 3.8) is 0 Å². The number of benzene rings is 1. The largest absolute Gasteiger partial charge is 0.467 e. The summed E-state index contributed by atoms with van der Waals surface area (Å²) in [6.07, 6.45) is 1.57. The Balaban J connectivity index is 1.88. The summed E-state index contributed by atoms with van der Waals surface area (Å²) in [7, 11) is 1.69. The number of carbonyl (C=O) groups excluding carboxylic acids is 1. The summed E-state index contributed by atoms with van der Waals surface area (Å²) in [6, 6.07) is 10.7. The molecule has 0 saturated carbocycles. The Morgan fingerprint density at radius 3 is 2.62 bits per heavy atom. The summed E-state index contributed by atoms with van der Waals surface area (Å²) in [4.78, 5) is 26.6. The van der Waals surface area contributed by atoms with Gasteiger partial charge >= 0.3 is 0 Å². The summed E-state index contributed by atoms with van der Waals surface area (Å²) in [6.45, 7) is 3.60. The summed E-state index contributed by atoms with van der Waals surface area (Å²) in [5.74, 6) is 0.490. The molecule has 3 aromatic rings. The van der Waals surface area contributed by atoms with E-state index < -0.39 is 0 Å². The molecule has 0 aliphatic rings. The Bertz CT molecular complexity index is 928. The first-order valence-corrected chi connectivity index (χ1v) is 7.74. The van der Waals surface area contributed by atoms with Crippen LogP contribution in [0.25, 0.3) is 10.8 Å². The van der Waals surface area contributed by atoms with Gasteiger partial charge < -0.3 is 9.32 Å². The fourth-order valence-electron chi connectivity index (χ4n) is 2.69. The summed E-state index contributed by atoms with van der Waals surface area (Å²) in [5, 5.41) is 5.66. The van der Waals surface area contributed by atoms with Crippen molar-refractivity contribution in [2.75, 3.05) is 7.05 Å². The van der Waals surface area contributed by atoms with E-state index in [2.05, 4.69) is 5.10 Å². The van der Waals surface area contributed by atoms with Crippen molar-refractivity contribution in [2.45, 2.75) is 26.4 Å². The van der Waals surface area contributed by atoms with Gasteiger partial charge in [-0.25, -0.2) is 4.68 Å². The van der Waals surface area contributed by atoms with Crippen LogP contribution >= 0.6 is 0 Å². The van der Waals surface area contributed by atoms with Gasteiger partial charge in [0.05, 0.1) is 23.4 Å². The summed E-state index contributed by atoms with van der Waals surface area (Å²) < 4.78 is 6.57. The van der Waals surface area contributed by atoms with E-state index in [1.54, 1.807) is 36.4 Å². The molecule has 0 N–H and O–H groups in total. The molecule has 6 heteroatoms. The highest BCUT2D eigenvalue weighted by molar-refractivity contribution is 5.83. The SMILES string of the molecule is Cc1nn(CC(=O)N(C)C(C)c2ccco2)c(=O)c2ccccc12. The van der Waals surface area contributed by atoms with E-state index in [1.807, 2.05) is 32.0 Å². The molecule has 1 amide bonds. The molecular weight excluding hydrogens is 306 g/mol. The van der Waals surface area contributed by atoms with Crippen LogP contribution in [0.4, 0.5) is 0 Å². The van der Waals surface area contributed by atoms with Gasteiger partial charge in [-0.2, -0.15) is 5.10 Å². The van der Waals surface area contributed by atoms with E-state index in [1.165, 1.54) is 4.68 Å². The molecule has 0 aliphatic carbocycles.